The smallest absolute Gasteiger partial charge is 0.244 e. The summed E-state index contributed by atoms with van der Waals surface area (Å²) in [5.74, 6) is 0.102. The molecule has 0 aromatic heterocycles. The quantitative estimate of drug-likeness (QED) is 0.884. The summed E-state index contributed by atoms with van der Waals surface area (Å²) in [6.07, 6.45) is 0.834. The van der Waals surface area contributed by atoms with E-state index in [4.69, 9.17) is 11.6 Å². The number of anilines is 1. The molecular weight excluding hydrogens is 247 g/mol. The Balaban J connectivity index is 0.00000128. The van der Waals surface area contributed by atoms with Gasteiger partial charge in [-0.25, -0.2) is 0 Å². The van der Waals surface area contributed by atoms with E-state index in [1.807, 2.05) is 18.2 Å². The zero-order valence-electron chi connectivity index (χ0n) is 8.94. The van der Waals surface area contributed by atoms with Gasteiger partial charge in [0.2, 0.25) is 5.91 Å². The first-order valence-electron chi connectivity index (χ1n) is 4.97. The normalized spacial score (nSPS) is 19.8. The molecule has 0 saturated carbocycles. The minimum Gasteiger partial charge on any atom is -0.310 e. The summed E-state index contributed by atoms with van der Waals surface area (Å²) < 4.78 is 0. The Morgan fingerprint density at radius 2 is 2.12 bits per heavy atom. The Kier molecular flexibility index (Phi) is 4.59. The Labute approximate surface area is 106 Å². The topological polar surface area (TPSA) is 32.3 Å². The van der Waals surface area contributed by atoms with E-state index in [-0.39, 0.29) is 24.4 Å². The van der Waals surface area contributed by atoms with Crippen molar-refractivity contribution in [3.63, 3.8) is 0 Å². The number of nitrogens with one attached hydrogen (secondary N) is 1. The molecule has 0 radical (unpaired) electrons. The number of hydrogen-bond donors (Lipinski definition) is 1. The second-order valence-corrected chi connectivity index (χ2v) is 3.98. The SMILES string of the molecule is CNC1CCN(c2ccccc2Cl)C1=O.Cl. The molecule has 0 aliphatic carbocycles. The predicted molar refractivity (Wildman–Crippen MR) is 68.5 cm³/mol. The van der Waals surface area contributed by atoms with Gasteiger partial charge in [-0.15, -0.1) is 12.4 Å². The van der Waals surface area contributed by atoms with Gasteiger partial charge in [0.05, 0.1) is 16.8 Å². The Hall–Kier alpha value is -0.770. The number of para-hydroxylation sites is 1. The first-order valence-corrected chi connectivity index (χ1v) is 5.35. The average Bonchev–Trinajstić information content (AvgIpc) is 2.60. The Bertz CT molecular complexity index is 384. The number of halogens is 2. The van der Waals surface area contributed by atoms with Gasteiger partial charge < -0.3 is 10.2 Å². The first kappa shape index (κ1) is 13.3. The second-order valence-electron chi connectivity index (χ2n) is 3.57. The maximum Gasteiger partial charge on any atom is 0.244 e. The van der Waals surface area contributed by atoms with Gasteiger partial charge in [-0.2, -0.15) is 0 Å². The highest BCUT2D eigenvalue weighted by Gasteiger charge is 2.31. The van der Waals surface area contributed by atoms with Gasteiger partial charge in [-0.05, 0) is 25.6 Å². The molecule has 1 aliphatic rings. The lowest BCUT2D eigenvalue weighted by molar-refractivity contribution is -0.118. The van der Waals surface area contributed by atoms with Crippen molar-refractivity contribution in [2.24, 2.45) is 0 Å². The molecule has 1 saturated heterocycles. The van der Waals surface area contributed by atoms with Gasteiger partial charge >= 0.3 is 0 Å². The fraction of sp³-hybridized carbons (Fsp3) is 0.364. The molecule has 1 N–H and O–H groups in total. The molecule has 0 bridgehead atoms. The number of benzene rings is 1. The van der Waals surface area contributed by atoms with Crippen LogP contribution in [0.5, 0.6) is 0 Å². The summed E-state index contributed by atoms with van der Waals surface area (Å²) in [4.78, 5) is 13.6. The number of hydrogen-bond acceptors (Lipinski definition) is 2. The Morgan fingerprint density at radius 3 is 2.69 bits per heavy atom. The van der Waals surface area contributed by atoms with Gasteiger partial charge in [0, 0.05) is 6.54 Å². The molecule has 1 fully saturated rings. The van der Waals surface area contributed by atoms with E-state index in [0.29, 0.717) is 5.02 Å². The summed E-state index contributed by atoms with van der Waals surface area (Å²) in [5.41, 5.74) is 0.807. The molecule has 0 spiro atoms. The highest BCUT2D eigenvalue weighted by molar-refractivity contribution is 6.33. The maximum absolute atomic E-state index is 11.9. The van der Waals surface area contributed by atoms with Crippen LogP contribution in [0.15, 0.2) is 24.3 Å². The molecule has 1 aliphatic heterocycles. The van der Waals surface area contributed by atoms with E-state index in [1.165, 1.54) is 0 Å². The molecule has 2 rings (SSSR count). The minimum absolute atomic E-state index is 0. The van der Waals surface area contributed by atoms with E-state index >= 15 is 0 Å². The maximum atomic E-state index is 11.9. The summed E-state index contributed by atoms with van der Waals surface area (Å²) in [7, 11) is 1.80. The fourth-order valence-corrected chi connectivity index (χ4v) is 2.10. The zero-order chi connectivity index (χ0) is 10.8. The second kappa shape index (κ2) is 5.53. The van der Waals surface area contributed by atoms with Gasteiger partial charge in [0.15, 0.2) is 0 Å². The number of carbonyl (C=O) groups is 1. The highest BCUT2D eigenvalue weighted by atomic mass is 35.5. The summed E-state index contributed by atoms with van der Waals surface area (Å²) >= 11 is 6.05. The van der Waals surface area contributed by atoms with Crippen LogP contribution in [0.4, 0.5) is 5.69 Å². The molecule has 16 heavy (non-hydrogen) atoms. The van der Waals surface area contributed by atoms with E-state index in [1.54, 1.807) is 18.0 Å². The van der Waals surface area contributed by atoms with Crippen LogP contribution in [-0.4, -0.2) is 25.5 Å². The van der Waals surface area contributed by atoms with Crippen molar-refractivity contribution in [1.82, 2.24) is 5.32 Å². The first-order chi connectivity index (χ1) is 7.24. The molecule has 1 amide bonds. The van der Waals surface area contributed by atoms with E-state index in [2.05, 4.69) is 5.32 Å². The average molecular weight is 261 g/mol. The molecular formula is C11H14Cl2N2O. The predicted octanol–water partition coefficient (Wildman–Crippen LogP) is 2.09. The summed E-state index contributed by atoms with van der Waals surface area (Å²) in [6.45, 7) is 0.730. The zero-order valence-corrected chi connectivity index (χ0v) is 10.5. The third kappa shape index (κ3) is 2.32. The number of likely N-dealkylation sites (N-methyl/N-ethyl adjacent to an activating group) is 1. The third-order valence-electron chi connectivity index (χ3n) is 2.70. The lowest BCUT2D eigenvalue weighted by Gasteiger charge is -2.17. The van der Waals surface area contributed by atoms with E-state index in [9.17, 15) is 4.79 Å². The van der Waals surface area contributed by atoms with Crippen molar-refractivity contribution in [2.75, 3.05) is 18.5 Å². The van der Waals surface area contributed by atoms with Gasteiger partial charge in [0.25, 0.3) is 0 Å². The minimum atomic E-state index is -0.0683. The molecule has 1 unspecified atom stereocenters. The number of rotatable bonds is 2. The standard InChI is InChI=1S/C11H13ClN2O.ClH/c1-13-9-6-7-14(11(9)15)10-5-3-2-4-8(10)12;/h2-5,9,13H,6-7H2,1H3;1H. The summed E-state index contributed by atoms with van der Waals surface area (Å²) in [6, 6.07) is 7.36. The molecule has 5 heteroatoms. The van der Waals surface area contributed by atoms with Crippen LogP contribution in [0.25, 0.3) is 0 Å². The van der Waals surface area contributed by atoms with Crippen molar-refractivity contribution >= 4 is 35.6 Å². The van der Waals surface area contributed by atoms with Gasteiger partial charge in [0.1, 0.15) is 0 Å². The lowest BCUT2D eigenvalue weighted by atomic mass is 10.2. The lowest BCUT2D eigenvalue weighted by Crippen LogP contribution is -2.36. The number of carbonyl (C=O) groups excluding carboxylic acids is 1. The van der Waals surface area contributed by atoms with E-state index in [0.717, 1.165) is 18.7 Å². The van der Waals surface area contributed by atoms with Crippen molar-refractivity contribution in [2.45, 2.75) is 12.5 Å². The van der Waals surface area contributed by atoms with Gasteiger partial charge in [-0.1, -0.05) is 23.7 Å². The van der Waals surface area contributed by atoms with Crippen LogP contribution < -0.4 is 10.2 Å². The van der Waals surface area contributed by atoms with Crippen LogP contribution in [0.1, 0.15) is 6.42 Å². The van der Waals surface area contributed by atoms with E-state index < -0.39 is 0 Å². The molecule has 1 atom stereocenters. The Morgan fingerprint density at radius 1 is 1.44 bits per heavy atom. The monoisotopic (exact) mass is 260 g/mol. The highest BCUT2D eigenvalue weighted by Crippen LogP contribution is 2.28. The molecule has 1 heterocycles. The van der Waals surface area contributed by atoms with Crippen LogP contribution in [0.2, 0.25) is 5.02 Å². The summed E-state index contributed by atoms with van der Waals surface area (Å²) in [5, 5.41) is 3.63. The van der Waals surface area contributed by atoms with Crippen molar-refractivity contribution in [3.8, 4) is 0 Å². The van der Waals surface area contributed by atoms with Crippen LogP contribution in [0, 0.1) is 0 Å². The van der Waals surface area contributed by atoms with Gasteiger partial charge in [-0.3, -0.25) is 4.79 Å². The fourth-order valence-electron chi connectivity index (χ4n) is 1.86. The third-order valence-corrected chi connectivity index (χ3v) is 3.02. The molecule has 3 nitrogen and oxygen atoms in total. The molecule has 1 aromatic carbocycles. The number of nitrogens with zero attached hydrogens (tertiary/aromatic N) is 1. The van der Waals surface area contributed by atoms with Crippen LogP contribution in [0.3, 0.4) is 0 Å². The molecule has 1 aromatic rings. The van der Waals surface area contributed by atoms with Crippen molar-refractivity contribution in [3.05, 3.63) is 29.3 Å². The van der Waals surface area contributed by atoms with Crippen LogP contribution in [-0.2, 0) is 4.79 Å². The molecule has 88 valence electrons. The van der Waals surface area contributed by atoms with Crippen molar-refractivity contribution < 1.29 is 4.79 Å². The van der Waals surface area contributed by atoms with Crippen molar-refractivity contribution in [1.29, 1.82) is 0 Å². The number of amides is 1. The van der Waals surface area contributed by atoms with Crippen LogP contribution >= 0.6 is 24.0 Å². The largest absolute Gasteiger partial charge is 0.310 e.